The fourth-order valence-corrected chi connectivity index (χ4v) is 8.08. The summed E-state index contributed by atoms with van der Waals surface area (Å²) in [7, 11) is 6.20. The molecule has 3 aliphatic carbocycles. The number of hydrogen-bond donors (Lipinski definition) is 2. The minimum absolute atomic E-state index is 0.00165. The predicted octanol–water partition coefficient (Wildman–Crippen LogP) is 5.97. The summed E-state index contributed by atoms with van der Waals surface area (Å²) in [5.41, 5.74) is 3.74. The van der Waals surface area contributed by atoms with E-state index in [4.69, 9.17) is 12.6 Å². The van der Waals surface area contributed by atoms with Crippen molar-refractivity contribution < 1.29 is 23.9 Å². The lowest BCUT2D eigenvalue weighted by Crippen LogP contribution is -2.51. The third kappa shape index (κ3) is 10.5. The van der Waals surface area contributed by atoms with Crippen molar-refractivity contribution in [2.75, 3.05) is 19.7 Å². The van der Waals surface area contributed by atoms with E-state index >= 15 is 0 Å². The van der Waals surface area contributed by atoms with Crippen molar-refractivity contribution in [3.8, 4) is 0 Å². The minimum atomic E-state index is -1.11. The Morgan fingerprint density at radius 1 is 1.09 bits per heavy atom. The molecule has 8 nitrogen and oxygen atoms in total. The molecule has 9 heteroatoms. The summed E-state index contributed by atoms with van der Waals surface area (Å²) in [4.78, 5) is 49.1. The molecule has 4 amide bonds. The SMILES string of the molecule is [B]C(C)(COC(C)CCNC(=O)CCCCC1CCC2/C(=C/C=C3/CCCCC3=C)CCCC12C)NC(=O)CCN1C(=O)C=CC1=O. The second-order valence-electron chi connectivity index (χ2n) is 14.8. The quantitative estimate of drug-likeness (QED) is 0.122. The molecule has 0 aromatic heterocycles. The van der Waals surface area contributed by atoms with Crippen molar-refractivity contribution in [2.45, 2.75) is 129 Å². The smallest absolute Gasteiger partial charge is 0.253 e. The van der Waals surface area contributed by atoms with Crippen molar-refractivity contribution in [2.24, 2.45) is 17.3 Å². The van der Waals surface area contributed by atoms with Gasteiger partial charge in [0.2, 0.25) is 11.8 Å². The van der Waals surface area contributed by atoms with E-state index in [9.17, 15) is 19.2 Å². The fraction of sp³-hybridized carbons (Fsp3) is 0.684. The zero-order valence-electron chi connectivity index (χ0n) is 29.0. The average molecular weight is 646 g/mol. The Bertz CT molecular complexity index is 1250. The Labute approximate surface area is 283 Å². The maximum absolute atomic E-state index is 12.5. The number of imide groups is 1. The second-order valence-corrected chi connectivity index (χ2v) is 14.8. The highest BCUT2D eigenvalue weighted by molar-refractivity contribution is 6.16. The van der Waals surface area contributed by atoms with E-state index in [2.05, 4.69) is 36.3 Å². The van der Waals surface area contributed by atoms with Crippen LogP contribution in [0, 0.1) is 17.3 Å². The molecule has 4 rings (SSSR count). The van der Waals surface area contributed by atoms with Crippen LogP contribution in [0.15, 0.2) is 47.6 Å². The van der Waals surface area contributed by atoms with Gasteiger partial charge in [-0.05, 0) is 114 Å². The van der Waals surface area contributed by atoms with E-state index in [0.29, 0.717) is 30.7 Å². The number of allylic oxidation sites excluding steroid dienone is 5. The maximum atomic E-state index is 12.5. The van der Waals surface area contributed by atoms with Crippen LogP contribution in [0.2, 0.25) is 0 Å². The number of rotatable bonds is 16. The van der Waals surface area contributed by atoms with Crippen molar-refractivity contribution >= 4 is 31.5 Å². The van der Waals surface area contributed by atoms with Gasteiger partial charge in [-0.1, -0.05) is 43.2 Å². The summed E-state index contributed by atoms with van der Waals surface area (Å²) in [6, 6.07) is 0. The predicted molar refractivity (Wildman–Crippen MR) is 186 cm³/mol. The summed E-state index contributed by atoms with van der Waals surface area (Å²) in [5.74, 6) is 0.305. The molecule has 5 atom stereocenters. The zero-order chi connectivity index (χ0) is 34.0. The van der Waals surface area contributed by atoms with Crippen LogP contribution >= 0.6 is 0 Å². The first-order chi connectivity index (χ1) is 22.4. The first-order valence-electron chi connectivity index (χ1n) is 18.0. The molecule has 1 heterocycles. The van der Waals surface area contributed by atoms with Gasteiger partial charge in [0.25, 0.3) is 11.8 Å². The second kappa shape index (κ2) is 16.9. The van der Waals surface area contributed by atoms with E-state index in [1.165, 1.54) is 81.1 Å². The monoisotopic (exact) mass is 645 g/mol. The first-order valence-corrected chi connectivity index (χ1v) is 18.0. The van der Waals surface area contributed by atoms with Crippen LogP contribution in [-0.4, -0.2) is 67.6 Å². The number of nitrogens with zero attached hydrogens (tertiary/aromatic N) is 1. The van der Waals surface area contributed by atoms with Gasteiger partial charge in [-0.25, -0.2) is 0 Å². The Hall–Kier alpha value is -2.94. The van der Waals surface area contributed by atoms with Crippen molar-refractivity contribution in [3.05, 3.63) is 47.6 Å². The molecule has 0 aromatic carbocycles. The molecule has 4 aliphatic rings. The molecule has 0 spiro atoms. The van der Waals surface area contributed by atoms with Gasteiger partial charge in [0, 0.05) is 43.5 Å². The molecule has 2 radical (unpaired) electrons. The van der Waals surface area contributed by atoms with E-state index in [1.807, 2.05) is 6.92 Å². The molecule has 3 fully saturated rings. The van der Waals surface area contributed by atoms with Crippen LogP contribution in [0.5, 0.6) is 0 Å². The normalized spacial score (nSPS) is 28.1. The lowest BCUT2D eigenvalue weighted by atomic mass is 9.62. The summed E-state index contributed by atoms with van der Waals surface area (Å²) >= 11 is 0. The Morgan fingerprint density at radius 3 is 2.57 bits per heavy atom. The van der Waals surface area contributed by atoms with E-state index in [0.717, 1.165) is 30.1 Å². The van der Waals surface area contributed by atoms with Crippen LogP contribution < -0.4 is 10.6 Å². The van der Waals surface area contributed by atoms with Gasteiger partial charge >= 0.3 is 0 Å². The van der Waals surface area contributed by atoms with Gasteiger partial charge in [0.1, 0.15) is 7.85 Å². The number of fused-ring (bicyclic) bond motifs is 1. The topological polar surface area (TPSA) is 105 Å². The molecule has 47 heavy (non-hydrogen) atoms. The lowest BCUT2D eigenvalue weighted by molar-refractivity contribution is -0.137. The van der Waals surface area contributed by atoms with E-state index in [-0.39, 0.29) is 37.5 Å². The van der Waals surface area contributed by atoms with E-state index in [1.54, 1.807) is 12.5 Å². The highest BCUT2D eigenvalue weighted by atomic mass is 16.5. The third-order valence-corrected chi connectivity index (χ3v) is 10.9. The van der Waals surface area contributed by atoms with Gasteiger partial charge in [0.15, 0.2) is 0 Å². The summed E-state index contributed by atoms with van der Waals surface area (Å²) in [6.45, 7) is 11.0. The maximum Gasteiger partial charge on any atom is 0.253 e. The number of amides is 4. The van der Waals surface area contributed by atoms with E-state index < -0.39 is 17.3 Å². The fourth-order valence-electron chi connectivity index (χ4n) is 8.08. The highest BCUT2D eigenvalue weighted by Crippen LogP contribution is 2.58. The number of unbranched alkanes of at least 4 members (excludes halogenated alkanes) is 1. The van der Waals surface area contributed by atoms with Gasteiger partial charge in [-0.3, -0.25) is 24.1 Å². The molecular formula is C38H56BN3O5. The van der Waals surface area contributed by atoms with Gasteiger partial charge in [-0.2, -0.15) is 0 Å². The third-order valence-electron chi connectivity index (χ3n) is 10.9. The summed E-state index contributed by atoms with van der Waals surface area (Å²) in [5, 5.41) is 5.71. The largest absolute Gasteiger partial charge is 0.377 e. The molecule has 1 aliphatic heterocycles. The Balaban J connectivity index is 1.08. The molecular weight excluding hydrogens is 589 g/mol. The van der Waals surface area contributed by atoms with Crippen molar-refractivity contribution in [3.63, 3.8) is 0 Å². The van der Waals surface area contributed by atoms with Crippen LogP contribution in [-0.2, 0) is 23.9 Å². The lowest BCUT2D eigenvalue weighted by Gasteiger charge is -2.42. The Kier molecular flexibility index (Phi) is 13.3. The molecule has 2 N–H and O–H groups in total. The van der Waals surface area contributed by atoms with Gasteiger partial charge < -0.3 is 15.4 Å². The average Bonchev–Trinajstić information content (AvgIpc) is 3.53. The number of carbonyl (C=O) groups is 4. The molecule has 256 valence electrons. The molecule has 3 saturated carbocycles. The van der Waals surface area contributed by atoms with Crippen LogP contribution in [0.3, 0.4) is 0 Å². The number of ether oxygens (including phenoxy) is 1. The van der Waals surface area contributed by atoms with Crippen molar-refractivity contribution in [1.82, 2.24) is 15.5 Å². The minimum Gasteiger partial charge on any atom is -0.377 e. The van der Waals surface area contributed by atoms with Gasteiger partial charge in [0.05, 0.1) is 12.7 Å². The number of carbonyl (C=O) groups excluding carboxylic acids is 4. The first kappa shape index (κ1) is 36.9. The summed E-state index contributed by atoms with van der Waals surface area (Å²) < 4.78 is 5.84. The molecule has 0 bridgehead atoms. The molecule has 0 aromatic rings. The van der Waals surface area contributed by atoms with Gasteiger partial charge in [-0.15, -0.1) is 0 Å². The van der Waals surface area contributed by atoms with Crippen LogP contribution in [0.4, 0.5) is 0 Å². The Morgan fingerprint density at radius 2 is 1.83 bits per heavy atom. The zero-order valence-corrected chi connectivity index (χ0v) is 29.0. The summed E-state index contributed by atoms with van der Waals surface area (Å²) in [6.07, 6.45) is 22.7. The number of nitrogens with one attached hydrogen (secondary N) is 2. The standard InChI is InChI=1S/C38H56BN3O5/c1-27-10-5-6-11-29(27)15-16-30-12-9-23-37(3)31(17-18-32(30)37)13-7-8-14-33(43)40-24-21-28(2)47-26-38(4,39)41-34(44)22-25-42-35(45)19-20-36(42)46/h15-16,19-20,28,31-32H,1,5-14,17-18,21-26H2,2-4H3,(H,40,43)(H,41,44)/b29-15-,30-16+. The van der Waals surface area contributed by atoms with Crippen LogP contribution in [0.25, 0.3) is 0 Å². The highest BCUT2D eigenvalue weighted by Gasteiger charge is 2.48. The molecule has 0 saturated heterocycles. The van der Waals surface area contributed by atoms with Crippen molar-refractivity contribution in [1.29, 1.82) is 0 Å². The number of hydrogen-bond acceptors (Lipinski definition) is 5. The molecule has 5 unspecified atom stereocenters. The van der Waals surface area contributed by atoms with Crippen LogP contribution in [0.1, 0.15) is 117 Å².